The molecule has 2 atom stereocenters. The van der Waals surface area contributed by atoms with Gasteiger partial charge in [0.1, 0.15) is 0 Å². The van der Waals surface area contributed by atoms with Crippen LogP contribution in [-0.4, -0.2) is 29.9 Å². The number of hydrogen-bond acceptors (Lipinski definition) is 6. The minimum Gasteiger partial charge on any atom is -0.208 e. The van der Waals surface area contributed by atoms with Gasteiger partial charge in [-0.15, -0.1) is 0 Å². The van der Waals surface area contributed by atoms with Gasteiger partial charge in [-0.2, -0.15) is 0 Å². The largest absolute Gasteiger partial charge is 0.208 e. The topological polar surface area (TPSA) is 77.3 Å². The first-order valence-corrected chi connectivity index (χ1v) is 36.5. The predicted octanol–water partition coefficient (Wildman–Crippen LogP) is 23.1. The van der Waals surface area contributed by atoms with E-state index >= 15 is 0 Å². The van der Waals surface area contributed by atoms with E-state index in [0.717, 1.165) is 55.6 Å². The van der Waals surface area contributed by atoms with Crippen LogP contribution in [0.15, 0.2) is 376 Å². The lowest BCUT2D eigenvalue weighted by molar-refractivity contribution is 0.754. The van der Waals surface area contributed by atoms with E-state index in [4.69, 9.17) is 29.9 Å². The van der Waals surface area contributed by atoms with Gasteiger partial charge in [-0.05, 0) is 147 Å². The van der Waals surface area contributed by atoms with E-state index in [-0.39, 0.29) is 11.8 Å². The first kappa shape index (κ1) is 61.0. The molecule has 5 aliphatic rings. The van der Waals surface area contributed by atoms with E-state index in [1.807, 2.05) is 12.1 Å². The lowest BCUT2D eigenvalue weighted by atomic mass is 9.61. The zero-order chi connectivity index (χ0) is 69.9. The van der Waals surface area contributed by atoms with Crippen LogP contribution in [0.5, 0.6) is 0 Å². The van der Waals surface area contributed by atoms with Crippen LogP contribution in [0, 0.1) is 0 Å². The summed E-state index contributed by atoms with van der Waals surface area (Å²) >= 11 is 0. The van der Waals surface area contributed by atoms with Gasteiger partial charge in [-0.25, -0.2) is 29.9 Å². The Morgan fingerprint density at radius 2 is 0.425 bits per heavy atom. The first-order chi connectivity index (χ1) is 52.6. The van der Waals surface area contributed by atoms with Crippen molar-refractivity contribution < 1.29 is 0 Å². The van der Waals surface area contributed by atoms with Gasteiger partial charge >= 0.3 is 0 Å². The Balaban J connectivity index is 0.674. The maximum Gasteiger partial charge on any atom is 0.164 e. The van der Waals surface area contributed by atoms with Crippen LogP contribution in [0.4, 0.5) is 0 Å². The Kier molecular flexibility index (Phi) is 14.1. The van der Waals surface area contributed by atoms with Crippen molar-refractivity contribution in [2.24, 2.45) is 0 Å². The van der Waals surface area contributed by atoms with Crippen molar-refractivity contribution in [2.75, 3.05) is 0 Å². The zero-order valence-electron chi connectivity index (χ0n) is 57.6. The molecule has 17 aromatic rings. The molecular weight excluding hydrogens is 1290 g/mol. The summed E-state index contributed by atoms with van der Waals surface area (Å²) in [5, 5.41) is 0. The molecule has 0 amide bonds. The summed E-state index contributed by atoms with van der Waals surface area (Å²) in [6.45, 7) is 0. The molecule has 2 heterocycles. The minimum atomic E-state index is -0.559. The molecule has 106 heavy (non-hydrogen) atoms. The van der Waals surface area contributed by atoms with E-state index in [1.54, 1.807) is 0 Å². The molecule has 6 nitrogen and oxygen atoms in total. The molecule has 2 bridgehead atoms. The molecule has 6 heteroatoms. The number of rotatable bonds is 12. The summed E-state index contributed by atoms with van der Waals surface area (Å²) in [4.78, 5) is 32.7. The molecule has 15 aromatic carbocycles. The highest BCUT2D eigenvalue weighted by Gasteiger charge is 2.48. The number of nitrogens with zero attached hydrogens (tertiary/aromatic N) is 6. The third-order valence-electron chi connectivity index (χ3n) is 22.8. The fourth-order valence-corrected chi connectivity index (χ4v) is 18.3. The molecular formula is C100H64N6. The van der Waals surface area contributed by atoms with Crippen molar-refractivity contribution in [3.63, 3.8) is 0 Å². The third kappa shape index (κ3) is 9.37. The second-order valence-electron chi connectivity index (χ2n) is 28.2. The summed E-state index contributed by atoms with van der Waals surface area (Å²) < 4.78 is 0. The van der Waals surface area contributed by atoms with E-state index < -0.39 is 10.8 Å². The van der Waals surface area contributed by atoms with Gasteiger partial charge in [-0.1, -0.05) is 352 Å². The Labute approximate surface area is 615 Å². The summed E-state index contributed by atoms with van der Waals surface area (Å²) in [5.41, 5.74) is 31.1. The SMILES string of the molecule is c1ccc(-c2nc(-c3ccc4c(c3)C3c5ccccc5C4c4cc(-c5nc(-c6ccccc6)nc(-c6ccccc6-c6ccc7c(c6)C(c6ccccc6)(c6ccccc6)c6ccccc6-7)n5)ccc43)nc(-c3ccccc3-c3ccc4c(c3)C(c3ccccc3)(c3ccccc3)c3ccccc3-4)n2)cc1. The fourth-order valence-electron chi connectivity index (χ4n) is 18.3. The molecule has 0 radical (unpaired) electrons. The smallest absolute Gasteiger partial charge is 0.164 e. The van der Waals surface area contributed by atoms with Crippen molar-refractivity contribution in [2.45, 2.75) is 22.7 Å². The van der Waals surface area contributed by atoms with Gasteiger partial charge < -0.3 is 0 Å². The second-order valence-corrected chi connectivity index (χ2v) is 28.2. The van der Waals surface area contributed by atoms with E-state index in [0.29, 0.717) is 34.9 Å². The van der Waals surface area contributed by atoms with Gasteiger partial charge in [-0.3, -0.25) is 0 Å². The van der Waals surface area contributed by atoms with Crippen LogP contribution in [-0.2, 0) is 10.8 Å². The van der Waals surface area contributed by atoms with E-state index in [1.165, 1.54) is 100 Å². The van der Waals surface area contributed by atoms with Crippen LogP contribution < -0.4 is 0 Å². The molecule has 0 aliphatic heterocycles. The van der Waals surface area contributed by atoms with Crippen LogP contribution in [0.3, 0.4) is 0 Å². The number of benzene rings is 15. The highest BCUT2D eigenvalue weighted by Crippen LogP contribution is 2.61. The lowest BCUT2D eigenvalue weighted by Crippen LogP contribution is -2.28. The molecule has 22 rings (SSSR count). The first-order valence-electron chi connectivity index (χ1n) is 36.5. The van der Waals surface area contributed by atoms with Gasteiger partial charge in [0.2, 0.25) is 0 Å². The summed E-state index contributed by atoms with van der Waals surface area (Å²) in [6, 6.07) is 137. The molecule has 0 saturated heterocycles. The Morgan fingerprint density at radius 1 is 0.160 bits per heavy atom. The minimum absolute atomic E-state index is 0.0658. The second kappa shape index (κ2) is 24.5. The normalized spacial score (nSPS) is 14.8. The van der Waals surface area contributed by atoms with E-state index in [9.17, 15) is 0 Å². The maximum absolute atomic E-state index is 5.55. The molecule has 0 fully saturated rings. The summed E-state index contributed by atoms with van der Waals surface area (Å²) in [5.74, 6) is 3.51. The molecule has 0 spiro atoms. The Hall–Kier alpha value is -13.7. The van der Waals surface area contributed by atoms with Crippen molar-refractivity contribution in [1.29, 1.82) is 0 Å². The maximum atomic E-state index is 5.55. The average molecular weight is 1350 g/mol. The zero-order valence-corrected chi connectivity index (χ0v) is 57.6. The monoisotopic (exact) mass is 1350 g/mol. The summed E-state index contributed by atoms with van der Waals surface area (Å²) in [7, 11) is 0. The molecule has 5 aliphatic carbocycles. The quantitative estimate of drug-likeness (QED) is 0.121. The summed E-state index contributed by atoms with van der Waals surface area (Å²) in [6.07, 6.45) is 0. The van der Waals surface area contributed by atoms with Gasteiger partial charge in [0, 0.05) is 45.2 Å². The predicted molar refractivity (Wildman–Crippen MR) is 426 cm³/mol. The van der Waals surface area contributed by atoms with Gasteiger partial charge in [0.15, 0.2) is 34.9 Å². The van der Waals surface area contributed by atoms with Crippen molar-refractivity contribution in [3.05, 3.63) is 454 Å². The van der Waals surface area contributed by atoms with Crippen molar-refractivity contribution in [3.8, 4) is 113 Å². The Bertz CT molecular complexity index is 5870. The highest BCUT2D eigenvalue weighted by molar-refractivity contribution is 5.93. The van der Waals surface area contributed by atoms with Crippen LogP contribution in [0.2, 0.25) is 0 Å². The molecule has 2 aromatic heterocycles. The fraction of sp³-hybridized carbons (Fsp3) is 0.0400. The number of hydrogen-bond donors (Lipinski definition) is 0. The van der Waals surface area contributed by atoms with Crippen LogP contribution >= 0.6 is 0 Å². The number of fused-ring (bicyclic) bond motifs is 6. The molecule has 0 N–H and O–H groups in total. The standard InChI is InChI=1S/C100H64N6/c1-7-29-63(30-8-1)93-101-95(105-97(103-93)83-47-23-19-41-73(83)65-51-55-77-75-43-25-27-49-87(75)99(89(77)61-65,69-33-11-3-12-34-69)70-35-13-4-14-36-70)67-53-57-81-85(59-67)91-79-45-21-22-46-80(79)92(81)86-60-68(54-58-82(86)91)96-102-94(64-31-9-2-10-32-64)104-98(106-96)84-48-24-20-42-74(84)66-52-56-78-76-44-26-28-50-88(76)100(90(78)62-66,71-37-15-5-16-38-71)72-39-17-6-18-40-72/h1-62,91-92H. The third-order valence-corrected chi connectivity index (χ3v) is 22.8. The lowest BCUT2D eigenvalue weighted by Gasteiger charge is -2.42. The average Bonchev–Trinajstić information content (AvgIpc) is 1.20. The highest BCUT2D eigenvalue weighted by atomic mass is 15.0. The van der Waals surface area contributed by atoms with Crippen LogP contribution in [0.1, 0.15) is 89.7 Å². The Morgan fingerprint density at radius 3 is 0.792 bits per heavy atom. The number of aromatic nitrogens is 6. The molecule has 0 saturated carbocycles. The van der Waals surface area contributed by atoms with Crippen LogP contribution in [0.25, 0.3) is 113 Å². The van der Waals surface area contributed by atoms with Crippen molar-refractivity contribution in [1.82, 2.24) is 29.9 Å². The molecule has 2 unspecified atom stereocenters. The van der Waals surface area contributed by atoms with Crippen molar-refractivity contribution >= 4 is 0 Å². The van der Waals surface area contributed by atoms with Gasteiger partial charge in [0.25, 0.3) is 0 Å². The van der Waals surface area contributed by atoms with E-state index in [2.05, 4.69) is 364 Å². The molecule has 494 valence electrons. The van der Waals surface area contributed by atoms with Gasteiger partial charge in [0.05, 0.1) is 10.8 Å².